The second-order valence-corrected chi connectivity index (χ2v) is 7.96. The SMILES string of the molecule is Cc1csc(C(=O)Nc2nnc(SCc3ccc(F)c(F)c3)s2)c1. The molecule has 0 unspecified atom stereocenters. The Bertz CT molecular complexity index is 878. The van der Waals surface area contributed by atoms with Crippen molar-refractivity contribution in [2.75, 3.05) is 5.32 Å². The number of amides is 1. The zero-order chi connectivity index (χ0) is 17.1. The van der Waals surface area contributed by atoms with Crippen LogP contribution in [0.4, 0.5) is 13.9 Å². The van der Waals surface area contributed by atoms with Gasteiger partial charge in [-0.1, -0.05) is 29.2 Å². The van der Waals surface area contributed by atoms with Crippen molar-refractivity contribution in [1.82, 2.24) is 10.2 Å². The van der Waals surface area contributed by atoms with Gasteiger partial charge in [-0.2, -0.15) is 0 Å². The molecule has 3 aromatic rings. The number of nitrogens with zero attached hydrogens (tertiary/aromatic N) is 2. The smallest absolute Gasteiger partial charge is 0.267 e. The summed E-state index contributed by atoms with van der Waals surface area (Å²) in [7, 11) is 0. The molecule has 0 aliphatic carbocycles. The maximum atomic E-state index is 13.2. The number of hydrogen-bond acceptors (Lipinski definition) is 6. The standard InChI is InChI=1S/C15H11F2N3OS3/c1-8-4-12(22-6-8)13(21)18-14-19-20-15(24-14)23-7-9-2-3-10(16)11(17)5-9/h2-6H,7H2,1H3,(H,18,19,21). The van der Waals surface area contributed by atoms with Gasteiger partial charge < -0.3 is 0 Å². The molecule has 0 aliphatic rings. The van der Waals surface area contributed by atoms with Crippen molar-refractivity contribution < 1.29 is 13.6 Å². The van der Waals surface area contributed by atoms with Crippen molar-refractivity contribution in [3.05, 3.63) is 57.3 Å². The molecule has 0 aliphatic heterocycles. The lowest BCUT2D eigenvalue weighted by Crippen LogP contribution is -2.09. The van der Waals surface area contributed by atoms with E-state index in [0.717, 1.165) is 17.7 Å². The third kappa shape index (κ3) is 4.16. The van der Waals surface area contributed by atoms with E-state index < -0.39 is 11.6 Å². The molecule has 24 heavy (non-hydrogen) atoms. The Morgan fingerprint density at radius 3 is 2.79 bits per heavy atom. The first-order valence-corrected chi connectivity index (χ1v) is 9.46. The summed E-state index contributed by atoms with van der Waals surface area (Å²) in [6.45, 7) is 1.92. The lowest BCUT2D eigenvalue weighted by atomic mass is 10.2. The molecule has 0 saturated carbocycles. The van der Waals surface area contributed by atoms with E-state index >= 15 is 0 Å². The van der Waals surface area contributed by atoms with Gasteiger partial charge in [0.05, 0.1) is 4.88 Å². The minimum Gasteiger partial charge on any atom is -0.296 e. The molecule has 0 fully saturated rings. The number of halogens is 2. The Morgan fingerprint density at radius 2 is 2.08 bits per heavy atom. The maximum absolute atomic E-state index is 13.2. The fourth-order valence-corrected chi connectivity index (χ4v) is 4.29. The van der Waals surface area contributed by atoms with Crippen LogP contribution in [0.3, 0.4) is 0 Å². The number of aromatic nitrogens is 2. The lowest BCUT2D eigenvalue weighted by molar-refractivity contribution is 0.103. The molecule has 0 atom stereocenters. The topological polar surface area (TPSA) is 54.9 Å². The average Bonchev–Trinajstić information content (AvgIpc) is 3.17. The number of hydrogen-bond donors (Lipinski definition) is 1. The number of aryl methyl sites for hydroxylation is 1. The van der Waals surface area contributed by atoms with Crippen molar-refractivity contribution >= 4 is 45.5 Å². The fourth-order valence-electron chi connectivity index (χ4n) is 1.80. The summed E-state index contributed by atoms with van der Waals surface area (Å²) in [5.74, 6) is -1.52. The first kappa shape index (κ1) is 17.0. The number of anilines is 1. The molecule has 0 radical (unpaired) electrons. The third-order valence-electron chi connectivity index (χ3n) is 2.93. The second kappa shape index (κ2) is 7.37. The van der Waals surface area contributed by atoms with Gasteiger partial charge in [0.15, 0.2) is 16.0 Å². The van der Waals surface area contributed by atoms with E-state index in [4.69, 9.17) is 0 Å². The third-order valence-corrected chi connectivity index (χ3v) is 6.02. The van der Waals surface area contributed by atoms with E-state index in [1.54, 1.807) is 6.07 Å². The number of carbonyl (C=O) groups excluding carboxylic acids is 1. The zero-order valence-corrected chi connectivity index (χ0v) is 14.8. The molecule has 1 N–H and O–H groups in total. The normalized spacial score (nSPS) is 10.8. The van der Waals surface area contributed by atoms with Crippen LogP contribution in [0.15, 0.2) is 34.0 Å². The highest BCUT2D eigenvalue weighted by Gasteiger charge is 2.12. The van der Waals surface area contributed by atoms with E-state index in [2.05, 4.69) is 15.5 Å². The number of nitrogens with one attached hydrogen (secondary N) is 1. The molecule has 124 valence electrons. The number of carbonyl (C=O) groups is 1. The molecule has 9 heteroatoms. The molecule has 0 saturated heterocycles. The van der Waals surface area contributed by atoms with E-state index in [-0.39, 0.29) is 5.91 Å². The van der Waals surface area contributed by atoms with Crippen LogP contribution in [0.25, 0.3) is 0 Å². The summed E-state index contributed by atoms with van der Waals surface area (Å²) < 4.78 is 26.7. The first-order valence-electron chi connectivity index (χ1n) is 6.78. The van der Waals surface area contributed by atoms with Gasteiger partial charge in [-0.05, 0) is 41.6 Å². The van der Waals surface area contributed by atoms with Crippen molar-refractivity contribution in [2.24, 2.45) is 0 Å². The molecule has 0 spiro atoms. The van der Waals surface area contributed by atoms with Gasteiger partial charge in [0.2, 0.25) is 5.13 Å². The van der Waals surface area contributed by atoms with E-state index in [1.165, 1.54) is 40.5 Å². The number of rotatable bonds is 5. The number of benzene rings is 1. The molecule has 3 rings (SSSR count). The summed E-state index contributed by atoms with van der Waals surface area (Å²) >= 11 is 3.94. The van der Waals surface area contributed by atoms with Gasteiger partial charge in [-0.25, -0.2) is 8.78 Å². The molecule has 2 heterocycles. The Labute approximate surface area is 148 Å². The summed E-state index contributed by atoms with van der Waals surface area (Å²) in [6.07, 6.45) is 0. The summed E-state index contributed by atoms with van der Waals surface area (Å²) in [4.78, 5) is 12.6. The quantitative estimate of drug-likeness (QED) is 0.511. The molecule has 2 aromatic heterocycles. The van der Waals surface area contributed by atoms with Gasteiger partial charge in [-0.15, -0.1) is 21.5 Å². The van der Waals surface area contributed by atoms with Crippen LogP contribution in [0.1, 0.15) is 20.8 Å². The van der Waals surface area contributed by atoms with Crippen LogP contribution in [0.5, 0.6) is 0 Å². The monoisotopic (exact) mass is 383 g/mol. The Hall–Kier alpha value is -1.84. The van der Waals surface area contributed by atoms with Gasteiger partial charge in [0.25, 0.3) is 5.91 Å². The van der Waals surface area contributed by atoms with Crippen LogP contribution in [0.2, 0.25) is 0 Å². The average molecular weight is 383 g/mol. The minimum atomic E-state index is -0.871. The van der Waals surface area contributed by atoms with Crippen molar-refractivity contribution in [3.63, 3.8) is 0 Å². The van der Waals surface area contributed by atoms with Crippen molar-refractivity contribution in [3.8, 4) is 0 Å². The fraction of sp³-hybridized carbons (Fsp3) is 0.133. The van der Waals surface area contributed by atoms with Gasteiger partial charge in [0, 0.05) is 5.75 Å². The van der Waals surface area contributed by atoms with Crippen LogP contribution < -0.4 is 5.32 Å². The van der Waals surface area contributed by atoms with E-state index in [1.807, 2.05) is 12.3 Å². The van der Waals surface area contributed by atoms with Crippen molar-refractivity contribution in [1.29, 1.82) is 0 Å². The van der Waals surface area contributed by atoms with Crippen LogP contribution in [0, 0.1) is 18.6 Å². The second-order valence-electron chi connectivity index (χ2n) is 4.85. The highest BCUT2D eigenvalue weighted by molar-refractivity contribution is 8.00. The molecular formula is C15H11F2N3OS3. The highest BCUT2D eigenvalue weighted by Crippen LogP contribution is 2.29. The highest BCUT2D eigenvalue weighted by atomic mass is 32.2. The van der Waals surface area contributed by atoms with E-state index in [0.29, 0.717) is 25.7 Å². The Morgan fingerprint density at radius 1 is 1.25 bits per heavy atom. The zero-order valence-electron chi connectivity index (χ0n) is 12.4. The maximum Gasteiger partial charge on any atom is 0.267 e. The molecule has 1 aromatic carbocycles. The molecule has 1 amide bonds. The van der Waals surface area contributed by atoms with Crippen molar-refractivity contribution in [2.45, 2.75) is 17.0 Å². The Balaban J connectivity index is 1.59. The predicted octanol–water partition coefficient (Wildman–Crippen LogP) is 4.73. The van der Waals surface area contributed by atoms with Crippen LogP contribution >= 0.6 is 34.4 Å². The number of thioether (sulfide) groups is 1. The minimum absolute atomic E-state index is 0.221. The van der Waals surface area contributed by atoms with Gasteiger partial charge in [-0.3, -0.25) is 10.1 Å². The van der Waals surface area contributed by atoms with E-state index in [9.17, 15) is 13.6 Å². The molecular weight excluding hydrogens is 372 g/mol. The lowest BCUT2D eigenvalue weighted by Gasteiger charge is -1.99. The van der Waals surface area contributed by atoms with Crippen LogP contribution in [-0.4, -0.2) is 16.1 Å². The Kier molecular flexibility index (Phi) is 5.22. The van der Waals surface area contributed by atoms with Gasteiger partial charge >= 0.3 is 0 Å². The predicted molar refractivity (Wildman–Crippen MR) is 92.8 cm³/mol. The molecule has 4 nitrogen and oxygen atoms in total. The summed E-state index contributed by atoms with van der Waals surface area (Å²) in [6, 6.07) is 5.58. The van der Waals surface area contributed by atoms with Gasteiger partial charge in [0.1, 0.15) is 0 Å². The molecule has 0 bridgehead atoms. The number of thiophene rings is 1. The summed E-state index contributed by atoms with van der Waals surface area (Å²) in [5.41, 5.74) is 1.68. The summed E-state index contributed by atoms with van der Waals surface area (Å²) in [5, 5.41) is 12.9. The largest absolute Gasteiger partial charge is 0.296 e. The first-order chi connectivity index (χ1) is 11.5. The van der Waals surface area contributed by atoms with Crippen LogP contribution in [-0.2, 0) is 5.75 Å².